The van der Waals surface area contributed by atoms with Crippen LogP contribution in [0.15, 0.2) is 176 Å². The monoisotopic (exact) mass is 828 g/mol. The van der Waals surface area contributed by atoms with Crippen LogP contribution in [0, 0.1) is 0 Å². The molecule has 2 N–H and O–H groups in total. The lowest BCUT2D eigenvalue weighted by atomic mass is 9.96. The largest absolute Gasteiger partial charge is 0.494 e. The minimum absolute atomic E-state index is 0.331. The van der Waals surface area contributed by atoms with Crippen molar-refractivity contribution in [3.8, 4) is 5.75 Å². The normalized spacial score (nSPS) is 11.3. The number of hydrogen-bond donors (Lipinski definition) is 2. The topological polar surface area (TPSA) is 75.2 Å². The van der Waals surface area contributed by atoms with Crippen LogP contribution in [0.1, 0.15) is 77.3 Å². The van der Waals surface area contributed by atoms with Gasteiger partial charge in [-0.15, -0.1) is 0 Å². The van der Waals surface area contributed by atoms with Gasteiger partial charge in [0.25, 0.3) is 11.8 Å². The number of pyridine rings is 2. The molecule has 0 atom stereocenters. The van der Waals surface area contributed by atoms with E-state index in [9.17, 15) is 9.59 Å². The highest BCUT2D eigenvalue weighted by Gasteiger charge is 2.19. The highest BCUT2D eigenvalue weighted by Crippen LogP contribution is 2.30. The van der Waals surface area contributed by atoms with E-state index in [0.717, 1.165) is 19.3 Å². The highest BCUT2D eigenvalue weighted by molar-refractivity contribution is 6.09. The van der Waals surface area contributed by atoms with Crippen LogP contribution in [0.4, 0.5) is 11.4 Å². The zero-order valence-corrected chi connectivity index (χ0v) is 35.7. The molecule has 312 valence electrons. The number of fused-ring (bicyclic) bond motifs is 4. The van der Waals surface area contributed by atoms with Gasteiger partial charge in [-0.25, -0.2) is 0 Å². The third-order valence-electron chi connectivity index (χ3n) is 11.9. The lowest BCUT2D eigenvalue weighted by Gasteiger charge is -2.13. The molecule has 2 heterocycles. The zero-order chi connectivity index (χ0) is 43.0. The molecule has 7 aromatic carbocycles. The first-order valence-electron chi connectivity index (χ1n) is 22.2. The SMILES string of the molecule is CCCCCCCCOc1cc(C(=O)Nc2ccc[n+](Cc3c4ccccc4cc4ccccc34)c2)cc(C(=O)Nc2ccc[n+](Cc3c4ccccc4cc4ccccc34)c2)c1. The van der Waals surface area contributed by atoms with Gasteiger partial charge >= 0.3 is 0 Å². The molecule has 7 heteroatoms. The van der Waals surface area contributed by atoms with Gasteiger partial charge in [0.15, 0.2) is 37.9 Å². The Balaban J connectivity index is 0.955. The summed E-state index contributed by atoms with van der Waals surface area (Å²) >= 11 is 0. The maximum atomic E-state index is 14.1. The predicted octanol–water partition coefficient (Wildman–Crippen LogP) is 12.2. The predicted molar refractivity (Wildman–Crippen MR) is 256 cm³/mol. The van der Waals surface area contributed by atoms with E-state index in [4.69, 9.17) is 4.74 Å². The molecule has 0 aliphatic rings. The Morgan fingerprint density at radius 1 is 0.476 bits per heavy atom. The number of benzene rings is 7. The third-order valence-corrected chi connectivity index (χ3v) is 11.9. The van der Waals surface area contributed by atoms with Gasteiger partial charge < -0.3 is 15.4 Å². The van der Waals surface area contributed by atoms with Crippen molar-refractivity contribution in [1.82, 2.24) is 0 Å². The molecule has 2 aromatic heterocycles. The number of nitrogens with one attached hydrogen (secondary N) is 2. The van der Waals surface area contributed by atoms with E-state index < -0.39 is 0 Å². The minimum atomic E-state index is -0.331. The quantitative estimate of drug-likeness (QED) is 0.0579. The van der Waals surface area contributed by atoms with Gasteiger partial charge in [0.05, 0.1) is 6.61 Å². The fourth-order valence-corrected chi connectivity index (χ4v) is 8.73. The molecule has 0 aliphatic heterocycles. The van der Waals surface area contributed by atoms with E-state index in [-0.39, 0.29) is 11.8 Å². The maximum absolute atomic E-state index is 14.1. The summed E-state index contributed by atoms with van der Waals surface area (Å²) in [5, 5.41) is 15.8. The standard InChI is InChI=1S/C56H50N4O3/c1-2-3-4-5-6-15-30-63-48-34-44(55(61)57-46-22-16-28-59(36-46)38-53-49-24-11-7-18-40(49)31-41-19-8-12-25-50(41)53)33-45(35-48)56(62)58-47-23-17-29-60(37-47)39-54-51-26-13-9-20-42(51)32-43-21-10-14-27-52(43)54/h7-14,16-29,31-37H,2-6,15,30,38-39H2,1H3/p+2. The molecule has 0 aliphatic carbocycles. The molecule has 7 nitrogen and oxygen atoms in total. The maximum Gasteiger partial charge on any atom is 0.255 e. The summed E-state index contributed by atoms with van der Waals surface area (Å²) in [6.07, 6.45) is 14.7. The summed E-state index contributed by atoms with van der Waals surface area (Å²) in [5.41, 5.74) is 4.39. The second-order valence-electron chi connectivity index (χ2n) is 16.4. The second kappa shape index (κ2) is 19.1. The van der Waals surface area contributed by atoms with E-state index in [1.54, 1.807) is 18.2 Å². The molecule has 2 amide bonds. The van der Waals surface area contributed by atoms with Crippen LogP contribution in [-0.4, -0.2) is 18.4 Å². The van der Waals surface area contributed by atoms with Crippen LogP contribution in [0.2, 0.25) is 0 Å². The fraction of sp³-hybridized carbons (Fsp3) is 0.179. The van der Waals surface area contributed by atoms with E-state index in [1.807, 2.05) is 49.1 Å². The smallest absolute Gasteiger partial charge is 0.255 e. The van der Waals surface area contributed by atoms with Crippen molar-refractivity contribution in [2.45, 2.75) is 58.5 Å². The van der Waals surface area contributed by atoms with Gasteiger partial charge in [0.2, 0.25) is 0 Å². The van der Waals surface area contributed by atoms with Gasteiger partial charge in [-0.05, 0) is 92.0 Å². The number of amides is 2. The van der Waals surface area contributed by atoms with Crippen molar-refractivity contribution in [1.29, 1.82) is 0 Å². The summed E-state index contributed by atoms with van der Waals surface area (Å²) < 4.78 is 10.4. The summed E-state index contributed by atoms with van der Waals surface area (Å²) in [4.78, 5) is 28.2. The van der Waals surface area contributed by atoms with Crippen molar-refractivity contribution < 1.29 is 23.5 Å². The van der Waals surface area contributed by atoms with Crippen LogP contribution >= 0.6 is 0 Å². The molecular weight excluding hydrogens is 777 g/mol. The van der Waals surface area contributed by atoms with Crippen LogP contribution in [0.25, 0.3) is 43.1 Å². The Morgan fingerprint density at radius 3 is 1.33 bits per heavy atom. The van der Waals surface area contributed by atoms with Gasteiger partial charge in [-0.1, -0.05) is 136 Å². The van der Waals surface area contributed by atoms with Crippen molar-refractivity contribution in [3.63, 3.8) is 0 Å². The van der Waals surface area contributed by atoms with Crippen LogP contribution in [0.3, 0.4) is 0 Å². The molecule has 0 bridgehead atoms. The Labute approximate surface area is 368 Å². The van der Waals surface area contributed by atoms with Crippen molar-refractivity contribution in [2.24, 2.45) is 0 Å². The van der Waals surface area contributed by atoms with Gasteiger partial charge in [-0.3, -0.25) is 9.59 Å². The number of nitrogens with zero attached hydrogens (tertiary/aromatic N) is 2. The minimum Gasteiger partial charge on any atom is -0.494 e. The number of anilines is 2. The Kier molecular flexibility index (Phi) is 12.4. The average molecular weight is 829 g/mol. The number of unbranched alkanes of at least 4 members (excludes halogenated alkanes) is 5. The number of aromatic nitrogens is 2. The summed E-state index contributed by atoms with van der Waals surface area (Å²) in [6.45, 7) is 3.96. The molecule has 0 saturated heterocycles. The van der Waals surface area contributed by atoms with Gasteiger partial charge in [-0.2, -0.15) is 9.13 Å². The van der Waals surface area contributed by atoms with E-state index in [0.29, 0.717) is 47.9 Å². The summed E-state index contributed by atoms with van der Waals surface area (Å²) in [7, 11) is 0. The molecule has 9 aromatic rings. The molecule has 0 radical (unpaired) electrons. The third kappa shape index (κ3) is 9.58. The molecule has 63 heavy (non-hydrogen) atoms. The van der Waals surface area contributed by atoms with Crippen molar-refractivity contribution in [3.05, 3.63) is 199 Å². The zero-order valence-electron chi connectivity index (χ0n) is 35.7. The first kappa shape index (κ1) is 41.0. The molecule has 9 rings (SSSR count). The fourth-order valence-electron chi connectivity index (χ4n) is 8.73. The molecule has 0 saturated carbocycles. The number of hydrogen-bond acceptors (Lipinski definition) is 3. The van der Waals surface area contributed by atoms with Crippen molar-refractivity contribution >= 4 is 66.3 Å². The highest BCUT2D eigenvalue weighted by atomic mass is 16.5. The Hall–Kier alpha value is -7.38. The van der Waals surface area contributed by atoms with Crippen LogP contribution in [0.5, 0.6) is 5.75 Å². The number of rotatable bonds is 16. The Morgan fingerprint density at radius 2 is 0.889 bits per heavy atom. The van der Waals surface area contributed by atoms with E-state index in [1.165, 1.54) is 73.5 Å². The lowest BCUT2D eigenvalue weighted by Crippen LogP contribution is -2.34. The molecule has 0 fully saturated rings. The first-order valence-corrected chi connectivity index (χ1v) is 22.2. The second-order valence-corrected chi connectivity index (χ2v) is 16.4. The number of carbonyl (C=O) groups excluding carboxylic acids is 2. The molecule has 0 spiro atoms. The molecule has 0 unspecified atom stereocenters. The van der Waals surface area contributed by atoms with Crippen molar-refractivity contribution in [2.75, 3.05) is 17.2 Å². The van der Waals surface area contributed by atoms with Gasteiger partial charge in [0.1, 0.15) is 17.1 Å². The van der Waals surface area contributed by atoms with E-state index in [2.05, 4.69) is 136 Å². The molecular formula is C56H52N4O3+2. The van der Waals surface area contributed by atoms with Crippen LogP contribution in [-0.2, 0) is 13.1 Å². The lowest BCUT2D eigenvalue weighted by molar-refractivity contribution is -0.687. The number of carbonyl (C=O) groups is 2. The summed E-state index contributed by atoms with van der Waals surface area (Å²) in [6, 6.07) is 51.1. The average Bonchev–Trinajstić information content (AvgIpc) is 3.31. The Bertz CT molecular complexity index is 2800. The number of ether oxygens (including phenoxy) is 1. The van der Waals surface area contributed by atoms with E-state index >= 15 is 0 Å². The van der Waals surface area contributed by atoms with Gasteiger partial charge in [0, 0.05) is 34.4 Å². The summed E-state index contributed by atoms with van der Waals surface area (Å²) in [5.74, 6) is -0.178. The van der Waals surface area contributed by atoms with Crippen LogP contribution < -0.4 is 24.5 Å². The first-order chi connectivity index (χ1) is 31.0.